The summed E-state index contributed by atoms with van der Waals surface area (Å²) in [4.78, 5) is 25.7. The maximum atomic E-state index is 11.8. The van der Waals surface area contributed by atoms with Crippen LogP contribution in [0.4, 0.5) is 0 Å². The lowest BCUT2D eigenvalue weighted by molar-refractivity contribution is -0.121. The molecule has 110 valence electrons. The number of hydrogen-bond acceptors (Lipinski definition) is 3. The van der Waals surface area contributed by atoms with Gasteiger partial charge in [-0.05, 0) is 32.4 Å². The van der Waals surface area contributed by atoms with Crippen molar-refractivity contribution >= 4 is 5.91 Å². The standard InChI is InChI=1S/C15H23N3O2/c1-13-6-2-4-9-17(13)11-8-16-14(19)12-18-10-5-3-7-15(18)20/h3,5,7,10,13H,2,4,6,8-9,11-12H2,1H3,(H,16,19). The second kappa shape index (κ2) is 7.24. The first-order chi connectivity index (χ1) is 9.66. The van der Waals surface area contributed by atoms with Crippen LogP contribution in [0.3, 0.4) is 0 Å². The molecule has 0 bridgehead atoms. The molecule has 1 fully saturated rings. The molecule has 0 aromatic carbocycles. The number of piperidine rings is 1. The largest absolute Gasteiger partial charge is 0.353 e. The van der Waals surface area contributed by atoms with Gasteiger partial charge in [0.2, 0.25) is 5.91 Å². The van der Waals surface area contributed by atoms with Crippen molar-refractivity contribution in [3.63, 3.8) is 0 Å². The average Bonchev–Trinajstić information content (AvgIpc) is 2.43. The molecular formula is C15H23N3O2. The molecule has 0 aliphatic carbocycles. The molecule has 0 radical (unpaired) electrons. The molecule has 0 spiro atoms. The van der Waals surface area contributed by atoms with Crippen molar-refractivity contribution in [2.24, 2.45) is 0 Å². The van der Waals surface area contributed by atoms with Crippen molar-refractivity contribution in [2.75, 3.05) is 19.6 Å². The molecule has 1 aromatic heterocycles. The van der Waals surface area contributed by atoms with Gasteiger partial charge >= 0.3 is 0 Å². The number of likely N-dealkylation sites (tertiary alicyclic amines) is 1. The van der Waals surface area contributed by atoms with Crippen molar-refractivity contribution in [2.45, 2.75) is 38.8 Å². The van der Waals surface area contributed by atoms with Crippen molar-refractivity contribution in [1.29, 1.82) is 0 Å². The summed E-state index contributed by atoms with van der Waals surface area (Å²) in [6.07, 6.45) is 5.43. The maximum Gasteiger partial charge on any atom is 0.250 e. The quantitative estimate of drug-likeness (QED) is 0.867. The molecule has 20 heavy (non-hydrogen) atoms. The van der Waals surface area contributed by atoms with Gasteiger partial charge in [0.1, 0.15) is 6.54 Å². The van der Waals surface area contributed by atoms with Gasteiger partial charge in [-0.25, -0.2) is 0 Å². The van der Waals surface area contributed by atoms with Gasteiger partial charge in [-0.2, -0.15) is 0 Å². The van der Waals surface area contributed by atoms with Gasteiger partial charge in [0.25, 0.3) is 5.56 Å². The van der Waals surface area contributed by atoms with Crippen LogP contribution in [-0.2, 0) is 11.3 Å². The van der Waals surface area contributed by atoms with Crippen LogP contribution in [0.1, 0.15) is 26.2 Å². The molecule has 1 unspecified atom stereocenters. The summed E-state index contributed by atoms with van der Waals surface area (Å²) in [7, 11) is 0. The summed E-state index contributed by atoms with van der Waals surface area (Å²) in [5.41, 5.74) is -0.146. The van der Waals surface area contributed by atoms with Gasteiger partial charge < -0.3 is 9.88 Å². The Morgan fingerprint density at radius 2 is 2.25 bits per heavy atom. The van der Waals surface area contributed by atoms with Crippen molar-refractivity contribution in [1.82, 2.24) is 14.8 Å². The third kappa shape index (κ3) is 4.20. The van der Waals surface area contributed by atoms with Gasteiger partial charge in [-0.15, -0.1) is 0 Å². The predicted octanol–water partition coefficient (Wildman–Crippen LogP) is 0.839. The van der Waals surface area contributed by atoms with Crippen LogP contribution in [0.2, 0.25) is 0 Å². The second-order valence-corrected chi connectivity index (χ2v) is 5.40. The molecule has 5 nitrogen and oxygen atoms in total. The Morgan fingerprint density at radius 1 is 1.40 bits per heavy atom. The number of nitrogens with zero attached hydrogens (tertiary/aromatic N) is 2. The summed E-state index contributed by atoms with van der Waals surface area (Å²) < 4.78 is 1.42. The number of carbonyl (C=O) groups is 1. The molecule has 2 heterocycles. The lowest BCUT2D eigenvalue weighted by atomic mass is 10.0. The van der Waals surface area contributed by atoms with Crippen LogP contribution >= 0.6 is 0 Å². The number of hydrogen-bond donors (Lipinski definition) is 1. The second-order valence-electron chi connectivity index (χ2n) is 5.40. The Balaban J connectivity index is 1.73. The zero-order valence-electron chi connectivity index (χ0n) is 12.0. The number of rotatable bonds is 5. The first-order valence-electron chi connectivity index (χ1n) is 7.33. The van der Waals surface area contributed by atoms with Crippen molar-refractivity contribution in [3.05, 3.63) is 34.7 Å². The molecule has 1 aromatic rings. The van der Waals surface area contributed by atoms with Crippen LogP contribution in [0.15, 0.2) is 29.2 Å². The molecule has 2 rings (SSSR count). The number of pyridine rings is 1. The van der Waals surface area contributed by atoms with Crippen molar-refractivity contribution in [3.8, 4) is 0 Å². The number of amides is 1. The van der Waals surface area contributed by atoms with Gasteiger partial charge in [-0.1, -0.05) is 12.5 Å². The zero-order chi connectivity index (χ0) is 14.4. The summed E-state index contributed by atoms with van der Waals surface area (Å²) in [6.45, 7) is 4.98. The van der Waals surface area contributed by atoms with Crippen LogP contribution in [0.25, 0.3) is 0 Å². The van der Waals surface area contributed by atoms with E-state index in [1.807, 2.05) is 0 Å². The third-order valence-corrected chi connectivity index (χ3v) is 3.87. The predicted molar refractivity (Wildman–Crippen MR) is 78.6 cm³/mol. The Bertz CT molecular complexity index is 498. The van der Waals surface area contributed by atoms with Crippen LogP contribution < -0.4 is 10.9 Å². The number of aromatic nitrogens is 1. The van der Waals surface area contributed by atoms with Gasteiger partial charge in [-0.3, -0.25) is 14.5 Å². The van der Waals surface area contributed by atoms with Crippen LogP contribution in [-0.4, -0.2) is 41.1 Å². The highest BCUT2D eigenvalue weighted by atomic mass is 16.2. The maximum absolute atomic E-state index is 11.8. The van der Waals surface area contributed by atoms with Crippen molar-refractivity contribution < 1.29 is 4.79 Å². The molecule has 1 amide bonds. The van der Waals surface area contributed by atoms with Crippen LogP contribution in [0, 0.1) is 0 Å². The summed E-state index contributed by atoms with van der Waals surface area (Å²) in [6, 6.07) is 5.50. The Labute approximate surface area is 119 Å². The van der Waals surface area contributed by atoms with E-state index >= 15 is 0 Å². The molecular weight excluding hydrogens is 254 g/mol. The SMILES string of the molecule is CC1CCCCN1CCNC(=O)Cn1ccccc1=O. The number of nitrogens with one attached hydrogen (secondary N) is 1. The monoisotopic (exact) mass is 277 g/mol. The van der Waals surface area contributed by atoms with E-state index in [0.29, 0.717) is 12.6 Å². The fourth-order valence-electron chi connectivity index (χ4n) is 2.63. The van der Waals surface area contributed by atoms with E-state index < -0.39 is 0 Å². The fraction of sp³-hybridized carbons (Fsp3) is 0.600. The van der Waals surface area contributed by atoms with E-state index in [4.69, 9.17) is 0 Å². The zero-order valence-corrected chi connectivity index (χ0v) is 12.0. The number of carbonyl (C=O) groups excluding carboxylic acids is 1. The van der Waals surface area contributed by atoms with Gasteiger partial charge in [0.05, 0.1) is 0 Å². The normalized spacial score (nSPS) is 19.8. The Morgan fingerprint density at radius 3 is 3.00 bits per heavy atom. The summed E-state index contributed by atoms with van der Waals surface area (Å²) >= 11 is 0. The third-order valence-electron chi connectivity index (χ3n) is 3.87. The molecule has 0 saturated carbocycles. The van der Waals surface area contributed by atoms with E-state index in [1.165, 1.54) is 29.9 Å². The lowest BCUT2D eigenvalue weighted by Crippen LogP contribution is -2.43. The molecule has 1 N–H and O–H groups in total. The molecule has 1 atom stereocenters. The Kier molecular flexibility index (Phi) is 5.35. The lowest BCUT2D eigenvalue weighted by Gasteiger charge is -2.33. The van der Waals surface area contributed by atoms with E-state index in [1.54, 1.807) is 18.3 Å². The van der Waals surface area contributed by atoms with E-state index in [-0.39, 0.29) is 18.0 Å². The highest BCUT2D eigenvalue weighted by Gasteiger charge is 2.17. The highest BCUT2D eigenvalue weighted by molar-refractivity contribution is 5.75. The first-order valence-corrected chi connectivity index (χ1v) is 7.33. The van der Waals surface area contributed by atoms with Gasteiger partial charge in [0, 0.05) is 31.4 Å². The summed E-state index contributed by atoms with van der Waals surface area (Å²) in [5, 5.41) is 2.89. The van der Waals surface area contributed by atoms with E-state index in [9.17, 15) is 9.59 Å². The molecule has 1 aliphatic heterocycles. The van der Waals surface area contributed by atoms with E-state index in [2.05, 4.69) is 17.1 Å². The highest BCUT2D eigenvalue weighted by Crippen LogP contribution is 2.15. The topological polar surface area (TPSA) is 54.3 Å². The minimum absolute atomic E-state index is 0.0925. The minimum atomic E-state index is -0.146. The fourth-order valence-corrected chi connectivity index (χ4v) is 2.63. The summed E-state index contributed by atoms with van der Waals surface area (Å²) in [5.74, 6) is -0.108. The minimum Gasteiger partial charge on any atom is -0.353 e. The van der Waals surface area contributed by atoms with Crippen LogP contribution in [0.5, 0.6) is 0 Å². The molecule has 1 aliphatic rings. The average molecular weight is 277 g/mol. The van der Waals surface area contributed by atoms with Gasteiger partial charge in [0.15, 0.2) is 0 Å². The van der Waals surface area contributed by atoms with E-state index in [0.717, 1.165) is 13.1 Å². The molecule has 1 saturated heterocycles. The molecule has 5 heteroatoms. The first kappa shape index (κ1) is 14.8. The smallest absolute Gasteiger partial charge is 0.250 e. The Hall–Kier alpha value is -1.62.